The zero-order valence-electron chi connectivity index (χ0n) is 13.6. The number of benzene rings is 1. The van der Waals surface area contributed by atoms with Gasteiger partial charge < -0.3 is 20.0 Å². The molecule has 26 heavy (non-hydrogen) atoms. The number of hydrogen-bond acceptors (Lipinski definition) is 4. The number of aromatic amines is 2. The van der Waals surface area contributed by atoms with Crippen LogP contribution >= 0.6 is 12.2 Å². The van der Waals surface area contributed by atoms with Gasteiger partial charge in [0.25, 0.3) is 5.56 Å². The largest absolute Gasteiger partial charge is 0.489 e. The van der Waals surface area contributed by atoms with Gasteiger partial charge in [-0.05, 0) is 36.0 Å². The molecule has 136 valence electrons. The number of fused-ring (bicyclic) bond motifs is 1. The smallest absolute Gasteiger partial charge is 0.276 e. The van der Waals surface area contributed by atoms with Crippen LogP contribution in [0.5, 0.6) is 5.75 Å². The molecule has 0 bridgehead atoms. The molecule has 0 aliphatic rings. The molecule has 0 fully saturated rings. The van der Waals surface area contributed by atoms with Crippen molar-refractivity contribution in [3.63, 3.8) is 0 Å². The number of ether oxygens (including phenoxy) is 1. The molecule has 0 unspecified atom stereocenters. The summed E-state index contributed by atoms with van der Waals surface area (Å²) in [4.78, 5) is 17.3. The van der Waals surface area contributed by atoms with E-state index in [2.05, 4.69) is 9.97 Å². The molecule has 4 N–H and O–H groups in total. The zero-order valence-corrected chi connectivity index (χ0v) is 14.4. The van der Waals surface area contributed by atoms with E-state index in [1.54, 1.807) is 22.9 Å². The molecular weight excluding hydrogens is 362 g/mol. The Bertz CT molecular complexity index is 1080. The number of H-pyrrole nitrogens is 2. The van der Waals surface area contributed by atoms with Crippen LogP contribution in [0.3, 0.4) is 0 Å². The summed E-state index contributed by atoms with van der Waals surface area (Å²) >= 11 is 5.22. The number of halogens is 2. The van der Waals surface area contributed by atoms with Gasteiger partial charge in [0.15, 0.2) is 4.77 Å². The highest BCUT2D eigenvalue weighted by atomic mass is 32.1. The summed E-state index contributed by atoms with van der Waals surface area (Å²) in [5.41, 5.74) is 6.87. The van der Waals surface area contributed by atoms with E-state index < -0.39 is 5.82 Å². The van der Waals surface area contributed by atoms with Gasteiger partial charge >= 0.3 is 0 Å². The minimum atomic E-state index is -0.503. The lowest BCUT2D eigenvalue weighted by Crippen LogP contribution is -2.15. The Morgan fingerprint density at radius 2 is 2.19 bits per heavy atom. The Kier molecular flexibility index (Phi) is 5.29. The molecule has 0 aliphatic heterocycles. The van der Waals surface area contributed by atoms with E-state index in [1.165, 1.54) is 12.1 Å². The summed E-state index contributed by atoms with van der Waals surface area (Å²) in [6.07, 6.45) is 2.01. The van der Waals surface area contributed by atoms with Crippen molar-refractivity contribution in [1.29, 1.82) is 0 Å². The van der Waals surface area contributed by atoms with Gasteiger partial charge in [-0.1, -0.05) is 0 Å². The predicted octanol–water partition coefficient (Wildman–Crippen LogP) is 2.77. The van der Waals surface area contributed by atoms with Crippen LogP contribution in [0.2, 0.25) is 0 Å². The zero-order chi connectivity index (χ0) is 18.7. The van der Waals surface area contributed by atoms with E-state index in [9.17, 15) is 13.6 Å². The number of nitrogens with zero attached hydrogens (tertiary/aromatic N) is 1. The summed E-state index contributed by atoms with van der Waals surface area (Å²) < 4.78 is 33.8. The Morgan fingerprint density at radius 1 is 1.38 bits per heavy atom. The summed E-state index contributed by atoms with van der Waals surface area (Å²) in [5, 5.41) is 0. The van der Waals surface area contributed by atoms with E-state index in [0.29, 0.717) is 22.9 Å². The second-order valence-electron chi connectivity index (χ2n) is 5.64. The molecule has 0 saturated heterocycles. The normalized spacial score (nSPS) is 11.9. The number of hydrogen-bond donors (Lipinski definition) is 3. The Balaban J connectivity index is 1.93. The van der Waals surface area contributed by atoms with Crippen LogP contribution in [0.4, 0.5) is 8.78 Å². The van der Waals surface area contributed by atoms with E-state index in [0.717, 1.165) is 0 Å². The Morgan fingerprint density at radius 3 is 2.92 bits per heavy atom. The monoisotopic (exact) mass is 378 g/mol. The summed E-state index contributed by atoms with van der Waals surface area (Å²) in [6, 6.07) is 5.89. The molecule has 0 radical (unpaired) electrons. The van der Waals surface area contributed by atoms with Crippen LogP contribution < -0.4 is 16.0 Å². The molecule has 1 aromatic carbocycles. The SMILES string of the molecule is NC/C(=C\F)COc1cc(F)cc(Cn2c(=S)[nH]c(=O)c3[nH]ccc32)c1. The number of nitrogens with one attached hydrogen (secondary N) is 2. The molecule has 0 saturated carbocycles. The number of nitrogens with two attached hydrogens (primary N) is 1. The van der Waals surface area contributed by atoms with Crippen molar-refractivity contribution in [1.82, 2.24) is 14.5 Å². The first-order valence-electron chi connectivity index (χ1n) is 7.72. The molecule has 0 aliphatic carbocycles. The Labute approximate surface area is 151 Å². The highest BCUT2D eigenvalue weighted by Crippen LogP contribution is 2.19. The maximum Gasteiger partial charge on any atom is 0.276 e. The van der Waals surface area contributed by atoms with Gasteiger partial charge in [0.05, 0.1) is 18.4 Å². The molecule has 2 aromatic heterocycles. The highest BCUT2D eigenvalue weighted by molar-refractivity contribution is 7.71. The van der Waals surface area contributed by atoms with Gasteiger partial charge in [-0.2, -0.15) is 0 Å². The Hall–Kier alpha value is -2.78. The molecule has 0 spiro atoms. The quantitative estimate of drug-likeness (QED) is 0.576. The van der Waals surface area contributed by atoms with Gasteiger partial charge in [-0.15, -0.1) is 0 Å². The minimum absolute atomic E-state index is 0.0106. The molecule has 9 heteroatoms. The first-order chi connectivity index (χ1) is 12.5. The van der Waals surface area contributed by atoms with Gasteiger partial charge in [-0.25, -0.2) is 8.78 Å². The summed E-state index contributed by atoms with van der Waals surface area (Å²) in [6.45, 7) is 0.160. The fourth-order valence-electron chi connectivity index (χ4n) is 2.55. The van der Waals surface area contributed by atoms with Gasteiger partial charge in [0.2, 0.25) is 0 Å². The van der Waals surface area contributed by atoms with Crippen LogP contribution in [0, 0.1) is 10.6 Å². The summed E-state index contributed by atoms with van der Waals surface area (Å²) in [5.74, 6) is -0.258. The van der Waals surface area contributed by atoms with E-state index in [4.69, 9.17) is 22.7 Å². The molecule has 0 amide bonds. The maximum atomic E-state index is 13.9. The van der Waals surface area contributed by atoms with E-state index in [1.807, 2.05) is 0 Å². The van der Waals surface area contributed by atoms with Gasteiger partial charge in [-0.3, -0.25) is 9.78 Å². The molecule has 3 rings (SSSR count). The standard InChI is InChI=1S/C17H16F2N4O2S/c18-6-11(7-20)9-25-13-4-10(3-12(19)5-13)8-23-14-1-2-21-15(14)16(24)22-17(23)26/h1-6,21H,7-9,20H2,(H,22,24,26)/b11-6+. The third-order valence-corrected chi connectivity index (χ3v) is 4.14. The maximum absolute atomic E-state index is 13.9. The lowest BCUT2D eigenvalue weighted by atomic mass is 10.2. The van der Waals surface area contributed by atoms with Crippen LogP contribution in [-0.4, -0.2) is 27.7 Å². The van der Waals surface area contributed by atoms with Crippen molar-refractivity contribution in [2.24, 2.45) is 5.73 Å². The predicted molar refractivity (Wildman–Crippen MR) is 97.0 cm³/mol. The lowest BCUT2D eigenvalue weighted by molar-refractivity contribution is 0.345. The van der Waals surface area contributed by atoms with Crippen molar-refractivity contribution in [3.8, 4) is 5.75 Å². The van der Waals surface area contributed by atoms with Crippen LogP contribution in [0.1, 0.15) is 5.56 Å². The second-order valence-corrected chi connectivity index (χ2v) is 6.03. The average molecular weight is 378 g/mol. The highest BCUT2D eigenvalue weighted by Gasteiger charge is 2.09. The third-order valence-electron chi connectivity index (χ3n) is 3.82. The van der Waals surface area contributed by atoms with Gasteiger partial charge in [0.1, 0.15) is 23.7 Å². The summed E-state index contributed by atoms with van der Waals surface area (Å²) in [7, 11) is 0. The average Bonchev–Trinajstić information content (AvgIpc) is 3.09. The first kappa shape index (κ1) is 18.0. The molecule has 3 aromatic rings. The number of aromatic nitrogens is 3. The van der Waals surface area contributed by atoms with E-state index in [-0.39, 0.29) is 41.3 Å². The van der Waals surface area contributed by atoms with Crippen LogP contribution in [0.15, 0.2) is 47.2 Å². The number of rotatable bonds is 6. The molecule has 0 atom stereocenters. The van der Waals surface area contributed by atoms with Crippen LogP contribution in [0.25, 0.3) is 11.0 Å². The topological polar surface area (TPSA) is 88.8 Å². The van der Waals surface area contributed by atoms with Crippen molar-refractivity contribution >= 4 is 23.3 Å². The van der Waals surface area contributed by atoms with E-state index >= 15 is 0 Å². The second kappa shape index (κ2) is 7.63. The first-order valence-corrected chi connectivity index (χ1v) is 8.13. The lowest BCUT2D eigenvalue weighted by Gasteiger charge is -2.12. The fourth-order valence-corrected chi connectivity index (χ4v) is 2.81. The molecule has 2 heterocycles. The van der Waals surface area contributed by atoms with Crippen molar-refractivity contribution < 1.29 is 13.5 Å². The van der Waals surface area contributed by atoms with Crippen molar-refractivity contribution in [2.75, 3.05) is 13.2 Å². The van der Waals surface area contributed by atoms with Gasteiger partial charge in [0, 0.05) is 24.4 Å². The third kappa shape index (κ3) is 3.73. The van der Waals surface area contributed by atoms with Crippen molar-refractivity contribution in [2.45, 2.75) is 6.54 Å². The molecule has 6 nitrogen and oxygen atoms in total. The van der Waals surface area contributed by atoms with Crippen LogP contribution in [-0.2, 0) is 6.54 Å². The minimum Gasteiger partial charge on any atom is -0.489 e. The molecular formula is C17H16F2N4O2S. The fraction of sp³-hybridized carbons (Fsp3) is 0.176. The van der Waals surface area contributed by atoms with Crippen molar-refractivity contribution in [3.05, 3.63) is 68.9 Å².